The summed E-state index contributed by atoms with van der Waals surface area (Å²) >= 11 is 6.22. The van der Waals surface area contributed by atoms with Gasteiger partial charge >= 0.3 is 0 Å². The molecule has 0 aliphatic carbocycles. The van der Waals surface area contributed by atoms with Crippen molar-refractivity contribution in [3.8, 4) is 11.8 Å². The van der Waals surface area contributed by atoms with E-state index in [-0.39, 0.29) is 5.91 Å². The van der Waals surface area contributed by atoms with E-state index in [1.165, 1.54) is 6.92 Å². The predicted molar refractivity (Wildman–Crippen MR) is 79.1 cm³/mol. The Morgan fingerprint density at radius 1 is 1.26 bits per heavy atom. The first kappa shape index (κ1) is 13.5. The summed E-state index contributed by atoms with van der Waals surface area (Å²) in [6, 6.07) is 11.8. The molecule has 0 bridgehead atoms. The maximum Gasteiger partial charge on any atom is 0.216 e. The number of rotatable bonds is 2. The first-order chi connectivity index (χ1) is 9.18. The molecule has 0 radical (unpaired) electrons. The molecule has 2 nitrogen and oxygen atoms in total. The Morgan fingerprint density at radius 3 is 2.74 bits per heavy atom. The molecule has 0 saturated carbocycles. The predicted octanol–water partition coefficient (Wildman–Crippen LogP) is 3.37. The smallest absolute Gasteiger partial charge is 0.216 e. The van der Waals surface area contributed by atoms with Crippen molar-refractivity contribution in [1.29, 1.82) is 0 Å². The van der Waals surface area contributed by atoms with Crippen molar-refractivity contribution in [2.75, 3.05) is 6.54 Å². The third-order valence-corrected chi connectivity index (χ3v) is 3.02. The molecule has 2 rings (SSSR count). The average Bonchev–Trinajstić information content (AvgIpc) is 2.38. The number of fused-ring (bicyclic) bond motifs is 1. The number of amides is 1. The highest BCUT2D eigenvalue weighted by Crippen LogP contribution is 2.26. The van der Waals surface area contributed by atoms with Crippen LogP contribution in [0.4, 0.5) is 0 Å². The second-order valence-corrected chi connectivity index (χ2v) is 4.59. The first-order valence-electron chi connectivity index (χ1n) is 6.09. The Hall–Kier alpha value is -1.98. The second-order valence-electron chi connectivity index (χ2n) is 4.18. The lowest BCUT2D eigenvalue weighted by molar-refractivity contribution is -0.118. The van der Waals surface area contributed by atoms with Gasteiger partial charge in [0.2, 0.25) is 5.91 Å². The molecule has 0 unspecified atom stereocenters. The van der Waals surface area contributed by atoms with Gasteiger partial charge in [-0.25, -0.2) is 0 Å². The molecule has 2 aromatic carbocycles. The molecule has 0 fully saturated rings. The standard InChI is InChI=1S/C16H14ClNO/c1-12(19)18-11-3-2-6-13-7-4-8-14-9-5-10-15(17)16(13)14/h4-5,7-10H,3,11H2,1H3,(H,18,19). The van der Waals surface area contributed by atoms with Gasteiger partial charge in [0.05, 0.1) is 0 Å². The molecule has 96 valence electrons. The quantitative estimate of drug-likeness (QED) is 0.658. The molecule has 0 aliphatic heterocycles. The summed E-state index contributed by atoms with van der Waals surface area (Å²) < 4.78 is 0. The molecule has 0 aliphatic rings. The van der Waals surface area contributed by atoms with Crippen LogP contribution in [0.2, 0.25) is 5.02 Å². The van der Waals surface area contributed by atoms with Crippen molar-refractivity contribution in [2.45, 2.75) is 13.3 Å². The lowest BCUT2D eigenvalue weighted by Gasteiger charge is -2.02. The van der Waals surface area contributed by atoms with E-state index >= 15 is 0 Å². The van der Waals surface area contributed by atoms with Gasteiger partial charge in [-0.05, 0) is 17.5 Å². The monoisotopic (exact) mass is 271 g/mol. The molecular weight excluding hydrogens is 258 g/mol. The number of halogens is 1. The van der Waals surface area contributed by atoms with E-state index in [9.17, 15) is 4.79 Å². The van der Waals surface area contributed by atoms with Gasteiger partial charge in [0, 0.05) is 35.9 Å². The third-order valence-electron chi connectivity index (χ3n) is 2.70. The minimum Gasteiger partial charge on any atom is -0.355 e. The van der Waals surface area contributed by atoms with Gasteiger partial charge in [-0.1, -0.05) is 47.7 Å². The van der Waals surface area contributed by atoms with Crippen LogP contribution in [0.5, 0.6) is 0 Å². The van der Waals surface area contributed by atoms with Gasteiger partial charge in [0.15, 0.2) is 0 Å². The molecule has 0 saturated heterocycles. The van der Waals surface area contributed by atoms with Crippen molar-refractivity contribution in [3.63, 3.8) is 0 Å². The zero-order valence-electron chi connectivity index (χ0n) is 10.7. The minimum atomic E-state index is -0.0324. The molecule has 0 heterocycles. The molecule has 1 amide bonds. The Morgan fingerprint density at radius 2 is 2.00 bits per heavy atom. The van der Waals surface area contributed by atoms with Gasteiger partial charge in [0.25, 0.3) is 0 Å². The fraction of sp³-hybridized carbons (Fsp3) is 0.188. The van der Waals surface area contributed by atoms with E-state index in [1.807, 2.05) is 36.4 Å². The normalized spacial score (nSPS) is 9.79. The number of carbonyl (C=O) groups excluding carboxylic acids is 1. The minimum absolute atomic E-state index is 0.0324. The summed E-state index contributed by atoms with van der Waals surface area (Å²) in [5.74, 6) is 6.14. The lowest BCUT2D eigenvalue weighted by atomic mass is 10.0. The number of benzene rings is 2. The molecular formula is C16H14ClNO. The van der Waals surface area contributed by atoms with Crippen LogP contribution in [0.3, 0.4) is 0 Å². The zero-order valence-corrected chi connectivity index (χ0v) is 11.4. The Labute approximate surface area is 117 Å². The summed E-state index contributed by atoms with van der Waals surface area (Å²) in [5.41, 5.74) is 0.922. The zero-order chi connectivity index (χ0) is 13.7. The highest BCUT2D eigenvalue weighted by atomic mass is 35.5. The second kappa shape index (κ2) is 6.26. The Balaban J connectivity index is 2.21. The van der Waals surface area contributed by atoms with Gasteiger partial charge in [-0.3, -0.25) is 4.79 Å². The largest absolute Gasteiger partial charge is 0.355 e. The molecule has 0 atom stereocenters. The van der Waals surface area contributed by atoms with Crippen molar-refractivity contribution in [1.82, 2.24) is 5.32 Å². The van der Waals surface area contributed by atoms with Crippen molar-refractivity contribution in [3.05, 3.63) is 47.0 Å². The Kier molecular flexibility index (Phi) is 4.43. The third kappa shape index (κ3) is 3.49. The van der Waals surface area contributed by atoms with Crippen LogP contribution in [0, 0.1) is 11.8 Å². The summed E-state index contributed by atoms with van der Waals surface area (Å²) in [4.78, 5) is 10.7. The van der Waals surface area contributed by atoms with Crippen LogP contribution in [0.15, 0.2) is 36.4 Å². The fourth-order valence-electron chi connectivity index (χ4n) is 1.86. The highest BCUT2D eigenvalue weighted by molar-refractivity contribution is 6.36. The van der Waals surface area contributed by atoms with Crippen LogP contribution in [-0.4, -0.2) is 12.5 Å². The Bertz CT molecular complexity index is 662. The number of hydrogen-bond donors (Lipinski definition) is 1. The van der Waals surface area contributed by atoms with Crippen molar-refractivity contribution < 1.29 is 4.79 Å². The van der Waals surface area contributed by atoms with Crippen molar-refractivity contribution >= 4 is 28.3 Å². The van der Waals surface area contributed by atoms with Gasteiger partial charge in [-0.15, -0.1) is 0 Å². The van der Waals surface area contributed by atoms with Gasteiger partial charge < -0.3 is 5.32 Å². The maximum atomic E-state index is 10.7. The van der Waals surface area contributed by atoms with E-state index in [1.54, 1.807) is 0 Å². The molecule has 1 N–H and O–H groups in total. The van der Waals surface area contributed by atoms with Gasteiger partial charge in [-0.2, -0.15) is 0 Å². The van der Waals surface area contributed by atoms with Gasteiger partial charge in [0.1, 0.15) is 0 Å². The van der Waals surface area contributed by atoms with Crippen LogP contribution in [-0.2, 0) is 4.79 Å². The molecule has 0 spiro atoms. The summed E-state index contributed by atoms with van der Waals surface area (Å²) in [5, 5.41) is 5.49. The van der Waals surface area contributed by atoms with E-state index in [0.717, 1.165) is 16.3 Å². The maximum absolute atomic E-state index is 10.7. The van der Waals surface area contributed by atoms with E-state index < -0.39 is 0 Å². The van der Waals surface area contributed by atoms with E-state index in [0.29, 0.717) is 18.0 Å². The van der Waals surface area contributed by atoms with E-state index in [4.69, 9.17) is 11.6 Å². The SMILES string of the molecule is CC(=O)NCCC#Cc1cccc2cccc(Cl)c12. The van der Waals surface area contributed by atoms with Crippen LogP contribution >= 0.6 is 11.6 Å². The number of nitrogens with one attached hydrogen (secondary N) is 1. The fourth-order valence-corrected chi connectivity index (χ4v) is 2.14. The molecule has 0 aromatic heterocycles. The van der Waals surface area contributed by atoms with Crippen LogP contribution < -0.4 is 5.32 Å². The summed E-state index contributed by atoms with van der Waals surface area (Å²) in [6.07, 6.45) is 0.625. The first-order valence-corrected chi connectivity index (χ1v) is 6.47. The molecule has 19 heavy (non-hydrogen) atoms. The average molecular weight is 272 g/mol. The van der Waals surface area contributed by atoms with E-state index in [2.05, 4.69) is 17.2 Å². The van der Waals surface area contributed by atoms with Crippen molar-refractivity contribution in [2.24, 2.45) is 0 Å². The summed E-state index contributed by atoms with van der Waals surface area (Å²) in [6.45, 7) is 2.07. The molecule has 2 aromatic rings. The molecule has 3 heteroatoms. The highest BCUT2D eigenvalue weighted by Gasteiger charge is 2.02. The van der Waals surface area contributed by atoms with Crippen LogP contribution in [0.25, 0.3) is 10.8 Å². The van der Waals surface area contributed by atoms with Crippen LogP contribution in [0.1, 0.15) is 18.9 Å². The number of hydrogen-bond acceptors (Lipinski definition) is 1. The summed E-state index contributed by atoms with van der Waals surface area (Å²) in [7, 11) is 0. The topological polar surface area (TPSA) is 29.1 Å². The number of carbonyl (C=O) groups is 1. The lowest BCUT2D eigenvalue weighted by Crippen LogP contribution is -2.20.